The zero-order valence-electron chi connectivity index (χ0n) is 13.2. The Kier molecular flexibility index (Phi) is 5.76. The molecule has 0 aromatic heterocycles. The molecule has 1 aliphatic rings. The van der Waals surface area contributed by atoms with Crippen molar-refractivity contribution in [3.63, 3.8) is 0 Å². The van der Waals surface area contributed by atoms with Crippen LogP contribution < -0.4 is 5.32 Å². The summed E-state index contributed by atoms with van der Waals surface area (Å²) >= 11 is 0. The van der Waals surface area contributed by atoms with E-state index in [2.05, 4.69) is 24.1 Å². The van der Waals surface area contributed by atoms with Crippen LogP contribution in [0.3, 0.4) is 0 Å². The fourth-order valence-corrected chi connectivity index (χ4v) is 2.87. The second-order valence-corrected chi connectivity index (χ2v) is 5.97. The lowest BCUT2D eigenvalue weighted by Gasteiger charge is -2.35. The van der Waals surface area contributed by atoms with E-state index >= 15 is 0 Å². The van der Waals surface area contributed by atoms with Crippen molar-refractivity contribution in [3.8, 4) is 0 Å². The lowest BCUT2D eigenvalue weighted by Crippen LogP contribution is -2.46. The number of rotatable bonds is 5. The number of morpholine rings is 1. The minimum Gasteiger partial charge on any atom is -0.373 e. The van der Waals surface area contributed by atoms with Gasteiger partial charge in [-0.2, -0.15) is 0 Å². The molecule has 1 amide bonds. The van der Waals surface area contributed by atoms with Gasteiger partial charge in [-0.3, -0.25) is 9.69 Å². The molecule has 3 atom stereocenters. The second kappa shape index (κ2) is 7.57. The highest BCUT2D eigenvalue weighted by Crippen LogP contribution is 2.13. The molecule has 0 aliphatic carbocycles. The zero-order valence-corrected chi connectivity index (χ0v) is 13.2. The van der Waals surface area contributed by atoms with Gasteiger partial charge in [0.05, 0.1) is 18.2 Å². The summed E-state index contributed by atoms with van der Waals surface area (Å²) in [6.45, 7) is 8.80. The minimum absolute atomic E-state index is 0.0567. The van der Waals surface area contributed by atoms with Crippen LogP contribution in [0, 0.1) is 0 Å². The molecule has 2 rings (SSSR count). The molecule has 1 N–H and O–H groups in total. The second-order valence-electron chi connectivity index (χ2n) is 5.97. The van der Waals surface area contributed by atoms with Crippen LogP contribution in [0.25, 0.3) is 0 Å². The molecule has 4 heteroatoms. The average molecular weight is 290 g/mol. The van der Waals surface area contributed by atoms with Crippen molar-refractivity contribution in [1.29, 1.82) is 0 Å². The summed E-state index contributed by atoms with van der Waals surface area (Å²) in [6, 6.07) is 10.1. The SMILES string of the molecule is C[C@@H]1CN(CCC(=O)N[C@H](C)c2ccccc2)C[C@@H](C)O1. The molecule has 0 radical (unpaired) electrons. The smallest absolute Gasteiger partial charge is 0.221 e. The van der Waals surface area contributed by atoms with Crippen LogP contribution in [0.2, 0.25) is 0 Å². The number of hydrogen-bond acceptors (Lipinski definition) is 3. The fraction of sp³-hybridized carbons (Fsp3) is 0.588. The van der Waals surface area contributed by atoms with Gasteiger partial charge in [-0.15, -0.1) is 0 Å². The summed E-state index contributed by atoms with van der Waals surface area (Å²) in [5, 5.41) is 3.06. The van der Waals surface area contributed by atoms with Gasteiger partial charge in [0.25, 0.3) is 0 Å². The van der Waals surface area contributed by atoms with Crippen molar-refractivity contribution in [2.24, 2.45) is 0 Å². The molecule has 1 aliphatic heterocycles. The highest BCUT2D eigenvalue weighted by atomic mass is 16.5. The average Bonchev–Trinajstić information content (AvgIpc) is 2.45. The maximum atomic E-state index is 12.1. The van der Waals surface area contributed by atoms with Crippen LogP contribution in [-0.4, -0.2) is 42.6 Å². The third-order valence-electron chi connectivity index (χ3n) is 3.83. The van der Waals surface area contributed by atoms with Crippen molar-refractivity contribution in [2.75, 3.05) is 19.6 Å². The number of carbonyl (C=O) groups excluding carboxylic acids is 1. The molecule has 1 saturated heterocycles. The van der Waals surface area contributed by atoms with Gasteiger partial charge in [-0.1, -0.05) is 30.3 Å². The third-order valence-corrected chi connectivity index (χ3v) is 3.83. The molecule has 0 unspecified atom stereocenters. The minimum atomic E-state index is 0.0567. The van der Waals surface area contributed by atoms with Gasteiger partial charge in [0.2, 0.25) is 5.91 Å². The van der Waals surface area contributed by atoms with Crippen molar-refractivity contribution < 1.29 is 9.53 Å². The van der Waals surface area contributed by atoms with Gasteiger partial charge >= 0.3 is 0 Å². The van der Waals surface area contributed by atoms with Gasteiger partial charge in [0.1, 0.15) is 0 Å². The predicted molar refractivity (Wildman–Crippen MR) is 84.1 cm³/mol. The first kappa shape index (κ1) is 16.0. The monoisotopic (exact) mass is 290 g/mol. The molecule has 0 spiro atoms. The maximum Gasteiger partial charge on any atom is 0.221 e. The molecule has 21 heavy (non-hydrogen) atoms. The fourth-order valence-electron chi connectivity index (χ4n) is 2.87. The number of ether oxygens (including phenoxy) is 1. The molecule has 1 fully saturated rings. The summed E-state index contributed by atoms with van der Waals surface area (Å²) < 4.78 is 5.70. The normalized spacial score (nSPS) is 24.5. The van der Waals surface area contributed by atoms with Crippen LogP contribution >= 0.6 is 0 Å². The number of amides is 1. The van der Waals surface area contributed by atoms with E-state index in [1.165, 1.54) is 0 Å². The number of hydrogen-bond donors (Lipinski definition) is 1. The van der Waals surface area contributed by atoms with Crippen LogP contribution in [0.5, 0.6) is 0 Å². The Labute approximate surface area is 127 Å². The van der Waals surface area contributed by atoms with E-state index in [-0.39, 0.29) is 24.2 Å². The van der Waals surface area contributed by atoms with E-state index in [0.717, 1.165) is 25.2 Å². The predicted octanol–water partition coefficient (Wildman–Crippen LogP) is 2.36. The van der Waals surface area contributed by atoms with E-state index in [1.807, 2.05) is 37.3 Å². The van der Waals surface area contributed by atoms with Crippen LogP contribution in [0.1, 0.15) is 38.8 Å². The van der Waals surface area contributed by atoms with E-state index in [0.29, 0.717) is 6.42 Å². The molecule has 4 nitrogen and oxygen atoms in total. The van der Waals surface area contributed by atoms with Crippen LogP contribution in [0.4, 0.5) is 0 Å². The van der Waals surface area contributed by atoms with Crippen molar-refractivity contribution >= 4 is 5.91 Å². The van der Waals surface area contributed by atoms with Crippen molar-refractivity contribution in [2.45, 2.75) is 45.4 Å². The first-order chi connectivity index (χ1) is 10.0. The van der Waals surface area contributed by atoms with Gasteiger partial charge in [-0.05, 0) is 26.3 Å². The molecular weight excluding hydrogens is 264 g/mol. The summed E-state index contributed by atoms with van der Waals surface area (Å²) in [4.78, 5) is 14.4. The summed E-state index contributed by atoms with van der Waals surface area (Å²) in [7, 11) is 0. The third kappa shape index (κ3) is 5.14. The van der Waals surface area contributed by atoms with Gasteiger partial charge < -0.3 is 10.1 Å². The Morgan fingerprint density at radius 2 is 1.90 bits per heavy atom. The van der Waals surface area contributed by atoms with Crippen molar-refractivity contribution in [3.05, 3.63) is 35.9 Å². The Hall–Kier alpha value is -1.39. The topological polar surface area (TPSA) is 41.6 Å². The Morgan fingerprint density at radius 3 is 2.52 bits per heavy atom. The highest BCUT2D eigenvalue weighted by molar-refractivity contribution is 5.76. The summed E-state index contributed by atoms with van der Waals surface area (Å²) in [6.07, 6.45) is 1.04. The quantitative estimate of drug-likeness (QED) is 0.905. The molecule has 0 bridgehead atoms. The van der Waals surface area contributed by atoms with E-state index in [1.54, 1.807) is 0 Å². The van der Waals surface area contributed by atoms with Gasteiger partial charge in [0.15, 0.2) is 0 Å². The number of nitrogens with one attached hydrogen (secondary N) is 1. The van der Waals surface area contributed by atoms with E-state index < -0.39 is 0 Å². The van der Waals surface area contributed by atoms with Crippen LogP contribution in [-0.2, 0) is 9.53 Å². The zero-order chi connectivity index (χ0) is 15.2. The molecular formula is C17H26N2O2. The molecule has 1 aromatic carbocycles. The first-order valence-corrected chi connectivity index (χ1v) is 7.76. The lowest BCUT2D eigenvalue weighted by molar-refractivity contribution is -0.123. The Balaban J connectivity index is 1.75. The number of nitrogens with zero attached hydrogens (tertiary/aromatic N) is 1. The highest BCUT2D eigenvalue weighted by Gasteiger charge is 2.22. The number of benzene rings is 1. The van der Waals surface area contributed by atoms with Gasteiger partial charge in [0, 0.05) is 26.1 Å². The summed E-state index contributed by atoms with van der Waals surface area (Å²) in [5.41, 5.74) is 1.14. The summed E-state index contributed by atoms with van der Waals surface area (Å²) in [5.74, 6) is 0.109. The van der Waals surface area contributed by atoms with Crippen molar-refractivity contribution in [1.82, 2.24) is 10.2 Å². The molecule has 116 valence electrons. The molecule has 1 heterocycles. The Bertz CT molecular complexity index is 439. The molecule has 0 saturated carbocycles. The van der Waals surface area contributed by atoms with E-state index in [4.69, 9.17) is 4.74 Å². The largest absolute Gasteiger partial charge is 0.373 e. The van der Waals surface area contributed by atoms with E-state index in [9.17, 15) is 4.79 Å². The first-order valence-electron chi connectivity index (χ1n) is 7.76. The van der Waals surface area contributed by atoms with Gasteiger partial charge in [-0.25, -0.2) is 0 Å². The lowest BCUT2D eigenvalue weighted by atomic mass is 10.1. The Morgan fingerprint density at radius 1 is 1.29 bits per heavy atom. The number of carbonyl (C=O) groups is 1. The standard InChI is InChI=1S/C17H26N2O2/c1-13-11-19(12-14(2)21-13)10-9-17(20)18-15(3)16-7-5-4-6-8-16/h4-8,13-15H,9-12H2,1-3H3,(H,18,20)/t13-,14-,15-/m1/s1. The maximum absolute atomic E-state index is 12.1. The van der Waals surface area contributed by atoms with Crippen LogP contribution in [0.15, 0.2) is 30.3 Å². The molecule has 1 aromatic rings.